The largest absolute Gasteiger partial charge is 0.201 e. The SMILES string of the molecule is CCC/C(=N\C#Cc1ccc(C)cc1)c1ccccc1. The van der Waals surface area contributed by atoms with Crippen molar-refractivity contribution in [1.29, 1.82) is 0 Å². The number of nitrogens with zero attached hydrogens (tertiary/aromatic N) is 1. The van der Waals surface area contributed by atoms with Crippen LogP contribution in [0, 0.1) is 18.9 Å². The molecule has 0 aliphatic rings. The van der Waals surface area contributed by atoms with Crippen molar-refractivity contribution in [3.63, 3.8) is 0 Å². The predicted octanol–water partition coefficient (Wildman–Crippen LogP) is 4.59. The summed E-state index contributed by atoms with van der Waals surface area (Å²) in [5.41, 5.74) is 4.47. The van der Waals surface area contributed by atoms with E-state index in [1.165, 1.54) is 5.56 Å². The molecule has 1 heteroatoms. The first-order valence-electron chi connectivity index (χ1n) is 6.99. The maximum atomic E-state index is 4.46. The van der Waals surface area contributed by atoms with Gasteiger partial charge in [-0.05, 0) is 37.0 Å². The molecular formula is C19H19N. The molecule has 20 heavy (non-hydrogen) atoms. The van der Waals surface area contributed by atoms with Gasteiger partial charge >= 0.3 is 0 Å². The van der Waals surface area contributed by atoms with Crippen LogP contribution in [0.3, 0.4) is 0 Å². The van der Waals surface area contributed by atoms with Gasteiger partial charge < -0.3 is 0 Å². The fourth-order valence-electron chi connectivity index (χ4n) is 1.93. The van der Waals surface area contributed by atoms with Gasteiger partial charge in [-0.3, -0.25) is 0 Å². The van der Waals surface area contributed by atoms with Crippen LogP contribution in [-0.2, 0) is 0 Å². The molecule has 2 aromatic carbocycles. The molecular weight excluding hydrogens is 242 g/mol. The highest BCUT2D eigenvalue weighted by atomic mass is 14.7. The molecule has 0 unspecified atom stereocenters. The Morgan fingerprint density at radius 3 is 2.35 bits per heavy atom. The van der Waals surface area contributed by atoms with Gasteiger partial charge in [-0.15, -0.1) is 0 Å². The summed E-state index contributed by atoms with van der Waals surface area (Å²) < 4.78 is 0. The van der Waals surface area contributed by atoms with Crippen molar-refractivity contribution >= 4 is 5.71 Å². The van der Waals surface area contributed by atoms with Crippen LogP contribution < -0.4 is 0 Å². The van der Waals surface area contributed by atoms with Crippen molar-refractivity contribution < 1.29 is 0 Å². The molecule has 2 aromatic rings. The standard InChI is InChI=1S/C19H19N/c1-3-7-19(18-8-5-4-6-9-18)20-15-14-17-12-10-16(2)11-13-17/h4-6,8-13H,3,7H2,1-2H3/b20-19+. The van der Waals surface area contributed by atoms with Gasteiger partial charge in [-0.2, -0.15) is 0 Å². The quantitative estimate of drug-likeness (QED) is 0.566. The van der Waals surface area contributed by atoms with Crippen LogP contribution in [0.1, 0.15) is 36.5 Å². The van der Waals surface area contributed by atoms with Gasteiger partial charge in [0.15, 0.2) is 0 Å². The molecule has 0 aliphatic carbocycles. The van der Waals surface area contributed by atoms with E-state index in [1.807, 2.05) is 30.3 Å². The molecule has 0 aromatic heterocycles. The van der Waals surface area contributed by atoms with Gasteiger partial charge in [0.05, 0.1) is 5.71 Å². The fourth-order valence-corrected chi connectivity index (χ4v) is 1.93. The lowest BCUT2D eigenvalue weighted by molar-refractivity contribution is 0.993. The summed E-state index contributed by atoms with van der Waals surface area (Å²) >= 11 is 0. The van der Waals surface area contributed by atoms with Crippen molar-refractivity contribution in [2.24, 2.45) is 4.99 Å². The molecule has 0 spiro atoms. The average molecular weight is 261 g/mol. The number of rotatable bonds is 3. The molecule has 0 bridgehead atoms. The van der Waals surface area contributed by atoms with Gasteiger partial charge in [-0.1, -0.05) is 61.4 Å². The lowest BCUT2D eigenvalue weighted by Crippen LogP contribution is -1.99. The van der Waals surface area contributed by atoms with Crippen LogP contribution in [-0.4, -0.2) is 5.71 Å². The second-order valence-electron chi connectivity index (χ2n) is 4.78. The predicted molar refractivity (Wildman–Crippen MR) is 85.9 cm³/mol. The molecule has 100 valence electrons. The third-order valence-electron chi connectivity index (χ3n) is 3.04. The fraction of sp³-hybridized carbons (Fsp3) is 0.211. The molecule has 1 nitrogen and oxygen atoms in total. The first-order chi connectivity index (χ1) is 9.79. The molecule has 0 radical (unpaired) electrons. The van der Waals surface area contributed by atoms with E-state index < -0.39 is 0 Å². The molecule has 0 heterocycles. The van der Waals surface area contributed by atoms with E-state index in [4.69, 9.17) is 0 Å². The Morgan fingerprint density at radius 2 is 1.70 bits per heavy atom. The van der Waals surface area contributed by atoms with Crippen molar-refractivity contribution in [2.45, 2.75) is 26.7 Å². The van der Waals surface area contributed by atoms with Crippen molar-refractivity contribution in [3.05, 3.63) is 71.3 Å². The van der Waals surface area contributed by atoms with Gasteiger partial charge in [0, 0.05) is 11.6 Å². The Hall–Kier alpha value is -2.33. The minimum atomic E-state index is 0.951. The molecule has 0 N–H and O–H groups in total. The zero-order valence-corrected chi connectivity index (χ0v) is 12.1. The summed E-state index contributed by atoms with van der Waals surface area (Å²) in [6.07, 6.45) is 2.02. The van der Waals surface area contributed by atoms with Crippen LogP contribution in [0.15, 0.2) is 59.6 Å². The maximum Gasteiger partial charge on any atom is 0.0583 e. The number of hydrogen-bond donors (Lipinski definition) is 0. The number of hydrogen-bond acceptors (Lipinski definition) is 1. The number of aliphatic imine (C=N–C) groups is 1. The number of benzene rings is 2. The van der Waals surface area contributed by atoms with Crippen LogP contribution in [0.25, 0.3) is 0 Å². The Balaban J connectivity index is 2.20. The van der Waals surface area contributed by atoms with E-state index in [0.717, 1.165) is 29.7 Å². The normalized spacial score (nSPS) is 10.8. The highest BCUT2D eigenvalue weighted by Crippen LogP contribution is 2.06. The summed E-state index contributed by atoms with van der Waals surface area (Å²) in [7, 11) is 0. The maximum absolute atomic E-state index is 4.46. The summed E-state index contributed by atoms with van der Waals surface area (Å²) in [5, 5.41) is 0. The Kier molecular flexibility index (Phi) is 5.15. The molecule has 0 fully saturated rings. The molecule has 2 rings (SSSR count). The molecule has 0 amide bonds. The van der Waals surface area contributed by atoms with Gasteiger partial charge in [0.25, 0.3) is 0 Å². The lowest BCUT2D eigenvalue weighted by Gasteiger charge is -2.02. The first-order valence-corrected chi connectivity index (χ1v) is 6.99. The molecule has 0 saturated heterocycles. The van der Waals surface area contributed by atoms with Crippen molar-refractivity contribution in [1.82, 2.24) is 0 Å². The zero-order chi connectivity index (χ0) is 14.2. The second kappa shape index (κ2) is 7.31. The average Bonchev–Trinajstić information content (AvgIpc) is 2.49. The van der Waals surface area contributed by atoms with E-state index in [9.17, 15) is 0 Å². The summed E-state index contributed by atoms with van der Waals surface area (Å²) in [6.45, 7) is 4.23. The number of aryl methyl sites for hydroxylation is 1. The van der Waals surface area contributed by atoms with Gasteiger partial charge in [0.1, 0.15) is 0 Å². The first kappa shape index (κ1) is 14.1. The van der Waals surface area contributed by atoms with E-state index in [2.05, 4.69) is 55.1 Å². The molecule has 0 aliphatic heterocycles. The van der Waals surface area contributed by atoms with Crippen molar-refractivity contribution in [2.75, 3.05) is 0 Å². The third kappa shape index (κ3) is 4.10. The van der Waals surface area contributed by atoms with E-state index in [-0.39, 0.29) is 0 Å². The third-order valence-corrected chi connectivity index (χ3v) is 3.04. The highest BCUT2D eigenvalue weighted by molar-refractivity contribution is 6.01. The summed E-state index contributed by atoms with van der Waals surface area (Å²) in [4.78, 5) is 4.46. The van der Waals surface area contributed by atoms with E-state index >= 15 is 0 Å². The molecule has 0 saturated carbocycles. The molecule has 0 atom stereocenters. The van der Waals surface area contributed by atoms with Crippen LogP contribution in [0.5, 0.6) is 0 Å². The Morgan fingerprint density at radius 1 is 1.00 bits per heavy atom. The topological polar surface area (TPSA) is 12.4 Å². The van der Waals surface area contributed by atoms with Crippen LogP contribution >= 0.6 is 0 Å². The minimum absolute atomic E-state index is 0.951. The van der Waals surface area contributed by atoms with E-state index in [0.29, 0.717) is 0 Å². The van der Waals surface area contributed by atoms with Crippen LogP contribution in [0.4, 0.5) is 0 Å². The van der Waals surface area contributed by atoms with Crippen molar-refractivity contribution in [3.8, 4) is 12.0 Å². The monoisotopic (exact) mass is 261 g/mol. The zero-order valence-electron chi connectivity index (χ0n) is 12.1. The lowest BCUT2D eigenvalue weighted by atomic mass is 10.1. The van der Waals surface area contributed by atoms with Gasteiger partial charge in [-0.25, -0.2) is 4.99 Å². The highest BCUT2D eigenvalue weighted by Gasteiger charge is 2.00. The Bertz CT molecular complexity index is 625. The summed E-state index contributed by atoms with van der Waals surface area (Å²) in [5.74, 6) is 3.09. The van der Waals surface area contributed by atoms with Gasteiger partial charge in [0.2, 0.25) is 0 Å². The smallest absolute Gasteiger partial charge is 0.0583 e. The minimum Gasteiger partial charge on any atom is -0.201 e. The van der Waals surface area contributed by atoms with Crippen LogP contribution in [0.2, 0.25) is 0 Å². The summed E-state index contributed by atoms with van der Waals surface area (Å²) in [6, 6.07) is 21.4. The second-order valence-corrected chi connectivity index (χ2v) is 4.78. The Labute approximate surface area is 121 Å². The van der Waals surface area contributed by atoms with E-state index in [1.54, 1.807) is 0 Å².